The van der Waals surface area contributed by atoms with Crippen molar-refractivity contribution in [3.8, 4) is 0 Å². The molecule has 0 aliphatic heterocycles. The molecule has 2 N–H and O–H groups in total. The van der Waals surface area contributed by atoms with Gasteiger partial charge in [-0.2, -0.15) is 0 Å². The lowest BCUT2D eigenvalue weighted by atomic mass is 10.5. The molecule has 0 spiro atoms. The van der Waals surface area contributed by atoms with E-state index in [0.29, 0.717) is 13.2 Å². The zero-order valence-electron chi connectivity index (χ0n) is 4.81. The molecule has 2 heteroatoms. The lowest BCUT2D eigenvalue weighted by Crippen LogP contribution is -2.08. The Kier molecular flexibility index (Phi) is 5.85. The van der Waals surface area contributed by atoms with Crippen molar-refractivity contribution in [3.05, 3.63) is 0 Å². The maximum absolute atomic E-state index is 5.14. The molecule has 0 unspecified atom stereocenters. The van der Waals surface area contributed by atoms with E-state index in [4.69, 9.17) is 10.5 Å². The van der Waals surface area contributed by atoms with Gasteiger partial charge < -0.3 is 10.5 Å². The van der Waals surface area contributed by atoms with Crippen molar-refractivity contribution in [1.29, 1.82) is 0 Å². The Labute approximate surface area is 46.1 Å². The molecule has 0 aromatic rings. The summed E-state index contributed by atoms with van der Waals surface area (Å²) in [5, 5.41) is 0. The first-order valence-electron chi connectivity index (χ1n) is 2.69. The Morgan fingerprint density at radius 3 is 2.71 bits per heavy atom. The predicted octanol–water partition coefficient (Wildman–Crippen LogP) is 0.618. The molecule has 0 rings (SSSR count). The minimum Gasteiger partial charge on any atom is -0.380 e. The minimum absolute atomic E-state index is 0. The van der Waals surface area contributed by atoms with Crippen LogP contribution in [0.4, 0.5) is 0 Å². The molecule has 0 atom stereocenters. The van der Waals surface area contributed by atoms with Crippen molar-refractivity contribution < 1.29 is 6.16 Å². The van der Waals surface area contributed by atoms with Gasteiger partial charge in [-0.25, -0.2) is 0 Å². The van der Waals surface area contributed by atoms with E-state index in [0.717, 1.165) is 13.0 Å². The van der Waals surface area contributed by atoms with Crippen LogP contribution in [0, 0.1) is 0 Å². The lowest BCUT2D eigenvalue weighted by molar-refractivity contribution is 0.142. The van der Waals surface area contributed by atoms with Crippen molar-refractivity contribution in [2.45, 2.75) is 13.3 Å². The summed E-state index contributed by atoms with van der Waals surface area (Å²) in [5.41, 5.74) is 5.14. The van der Waals surface area contributed by atoms with Crippen LogP contribution in [-0.4, -0.2) is 19.8 Å². The Balaban J connectivity index is 0. The largest absolute Gasteiger partial charge is 0.380 e. The third-order valence-corrected chi connectivity index (χ3v) is 0.611. The van der Waals surface area contributed by atoms with E-state index in [2.05, 4.69) is 6.92 Å². The molecule has 0 saturated carbocycles. The second-order valence-corrected chi connectivity index (χ2v) is 1.40. The molecule has 2 nitrogen and oxygen atoms in total. The van der Waals surface area contributed by atoms with Gasteiger partial charge in [0.1, 0.15) is 0 Å². The van der Waals surface area contributed by atoms with Crippen LogP contribution in [0.1, 0.15) is 14.8 Å². The van der Waals surface area contributed by atoms with Gasteiger partial charge in [-0.3, -0.25) is 0 Å². The van der Waals surface area contributed by atoms with Gasteiger partial charge in [0, 0.05) is 14.6 Å². The van der Waals surface area contributed by atoms with Crippen LogP contribution >= 0.6 is 0 Å². The van der Waals surface area contributed by atoms with E-state index in [-0.39, 0.29) is 1.43 Å². The number of nitrogens with two attached hydrogens (primary N) is 1. The summed E-state index contributed by atoms with van der Waals surface area (Å²) in [6.07, 6.45) is 1.08. The Morgan fingerprint density at radius 2 is 2.29 bits per heavy atom. The lowest BCUT2D eigenvalue weighted by Gasteiger charge is -1.95. The highest BCUT2D eigenvalue weighted by Crippen LogP contribution is 1.75. The topological polar surface area (TPSA) is 35.2 Å². The van der Waals surface area contributed by atoms with Crippen LogP contribution < -0.4 is 5.73 Å². The number of ether oxygens (including phenoxy) is 1. The van der Waals surface area contributed by atoms with Crippen molar-refractivity contribution >= 4 is 0 Å². The highest BCUT2D eigenvalue weighted by Gasteiger charge is 1.77. The molecule has 0 amide bonds. The van der Waals surface area contributed by atoms with Crippen LogP contribution in [0.3, 0.4) is 0 Å². The SMILES string of the molecule is CCCOCCN.[HH]. The molecular formula is C5H15NO. The second kappa shape index (κ2) is 5.92. The standard InChI is InChI=1S/C5H13NO.H2/c1-2-4-7-5-3-6;/h2-6H2,1H3;1H. The fourth-order valence-electron chi connectivity index (χ4n) is 0.330. The summed E-state index contributed by atoms with van der Waals surface area (Å²) in [5.74, 6) is 0. The van der Waals surface area contributed by atoms with Crippen LogP contribution in [0.5, 0.6) is 0 Å². The molecule has 0 fully saturated rings. The van der Waals surface area contributed by atoms with Gasteiger partial charge in [0.2, 0.25) is 0 Å². The highest BCUT2D eigenvalue weighted by molar-refractivity contribution is 4.29. The fraction of sp³-hybridized carbons (Fsp3) is 1.00. The van der Waals surface area contributed by atoms with E-state index in [1.54, 1.807) is 0 Å². The van der Waals surface area contributed by atoms with E-state index >= 15 is 0 Å². The van der Waals surface area contributed by atoms with E-state index in [1.165, 1.54) is 0 Å². The molecule has 0 aliphatic rings. The predicted molar refractivity (Wildman–Crippen MR) is 32.3 cm³/mol. The molecular weight excluding hydrogens is 90.1 g/mol. The second-order valence-electron chi connectivity index (χ2n) is 1.40. The van der Waals surface area contributed by atoms with Gasteiger partial charge in [0.25, 0.3) is 0 Å². The molecule has 46 valence electrons. The number of hydrogen-bond acceptors (Lipinski definition) is 2. The van der Waals surface area contributed by atoms with Gasteiger partial charge >= 0.3 is 0 Å². The van der Waals surface area contributed by atoms with Gasteiger partial charge in [-0.15, -0.1) is 0 Å². The number of hydrogen-bond donors (Lipinski definition) is 1. The quantitative estimate of drug-likeness (QED) is 0.532. The highest BCUT2D eigenvalue weighted by atomic mass is 16.5. The average Bonchev–Trinajstić information content (AvgIpc) is 1.69. The molecule has 0 aliphatic carbocycles. The van der Waals surface area contributed by atoms with Crippen LogP contribution in [0.15, 0.2) is 0 Å². The van der Waals surface area contributed by atoms with Gasteiger partial charge in [0.15, 0.2) is 0 Å². The molecule has 0 radical (unpaired) electrons. The first kappa shape index (κ1) is 6.92. The van der Waals surface area contributed by atoms with Crippen LogP contribution in [0.2, 0.25) is 0 Å². The molecule has 7 heavy (non-hydrogen) atoms. The summed E-state index contributed by atoms with van der Waals surface area (Å²) >= 11 is 0. The first-order valence-corrected chi connectivity index (χ1v) is 2.69. The van der Waals surface area contributed by atoms with E-state index in [1.807, 2.05) is 0 Å². The van der Waals surface area contributed by atoms with Gasteiger partial charge in [0.05, 0.1) is 6.61 Å². The summed E-state index contributed by atoms with van der Waals surface area (Å²) in [6, 6.07) is 0. The average molecular weight is 105 g/mol. The maximum atomic E-state index is 5.14. The summed E-state index contributed by atoms with van der Waals surface area (Å²) < 4.78 is 5.01. The third kappa shape index (κ3) is 5.92. The normalized spacial score (nSPS) is 9.43. The monoisotopic (exact) mass is 105 g/mol. The summed E-state index contributed by atoms with van der Waals surface area (Å²) in [4.78, 5) is 0. The van der Waals surface area contributed by atoms with Crippen molar-refractivity contribution in [1.82, 2.24) is 0 Å². The Bertz CT molecular complexity index is 31.6. The Morgan fingerprint density at radius 1 is 1.57 bits per heavy atom. The first-order chi connectivity index (χ1) is 3.41. The van der Waals surface area contributed by atoms with Crippen LogP contribution in [-0.2, 0) is 4.74 Å². The molecule has 0 bridgehead atoms. The van der Waals surface area contributed by atoms with Crippen LogP contribution in [0.25, 0.3) is 0 Å². The zero-order valence-corrected chi connectivity index (χ0v) is 4.81. The van der Waals surface area contributed by atoms with Gasteiger partial charge in [-0.1, -0.05) is 6.92 Å². The molecule has 0 aromatic heterocycles. The van der Waals surface area contributed by atoms with E-state index in [9.17, 15) is 0 Å². The molecule has 0 aromatic carbocycles. The zero-order chi connectivity index (χ0) is 5.54. The summed E-state index contributed by atoms with van der Waals surface area (Å²) in [7, 11) is 0. The van der Waals surface area contributed by atoms with Gasteiger partial charge in [-0.05, 0) is 6.42 Å². The minimum atomic E-state index is 0. The number of rotatable bonds is 4. The smallest absolute Gasteiger partial charge is 0.0588 e. The van der Waals surface area contributed by atoms with Crippen molar-refractivity contribution in [2.24, 2.45) is 5.73 Å². The molecule has 0 saturated heterocycles. The molecule has 0 heterocycles. The van der Waals surface area contributed by atoms with Crippen molar-refractivity contribution in [2.75, 3.05) is 19.8 Å². The van der Waals surface area contributed by atoms with Crippen molar-refractivity contribution in [3.63, 3.8) is 0 Å². The fourth-order valence-corrected chi connectivity index (χ4v) is 0.330. The maximum Gasteiger partial charge on any atom is 0.0588 e. The Hall–Kier alpha value is -0.0800. The van der Waals surface area contributed by atoms with E-state index < -0.39 is 0 Å². The summed E-state index contributed by atoms with van der Waals surface area (Å²) in [6.45, 7) is 4.27. The third-order valence-electron chi connectivity index (χ3n) is 0.611.